The highest BCUT2D eigenvalue weighted by atomic mass is 32.2. The number of fused-ring (bicyclic) bond motifs is 1. The number of ether oxygens (including phenoxy) is 1. The summed E-state index contributed by atoms with van der Waals surface area (Å²) in [5.41, 5.74) is -0.647. The number of nitrogens with one attached hydrogen (secondary N) is 2. The average molecular weight is 395 g/mol. The number of hydrogen-bond acceptors (Lipinski definition) is 6. The van der Waals surface area contributed by atoms with Gasteiger partial charge in [0.25, 0.3) is 0 Å². The maximum atomic E-state index is 13.1. The number of piperidine rings is 1. The van der Waals surface area contributed by atoms with E-state index in [0.29, 0.717) is 30.5 Å². The van der Waals surface area contributed by atoms with Gasteiger partial charge in [-0.05, 0) is 44.4 Å². The summed E-state index contributed by atoms with van der Waals surface area (Å²) >= 11 is 0. The molecule has 1 atom stereocenters. The van der Waals surface area contributed by atoms with Crippen molar-refractivity contribution < 1.29 is 17.9 Å². The lowest BCUT2D eigenvalue weighted by atomic mass is 10.0. The molecule has 146 valence electrons. The predicted octanol–water partition coefficient (Wildman–Crippen LogP) is 0.489. The van der Waals surface area contributed by atoms with Crippen LogP contribution < -0.4 is 11.1 Å². The number of rotatable bonds is 4. The Balaban J connectivity index is 2.00. The Labute approximate surface area is 155 Å². The van der Waals surface area contributed by atoms with E-state index in [2.05, 4.69) is 9.97 Å². The van der Waals surface area contributed by atoms with Gasteiger partial charge in [0.1, 0.15) is 0 Å². The molecule has 0 radical (unpaired) electrons. The molecule has 1 aliphatic heterocycles. The summed E-state index contributed by atoms with van der Waals surface area (Å²) in [4.78, 5) is 39.8. The number of esters is 1. The number of sulfonamides is 1. The summed E-state index contributed by atoms with van der Waals surface area (Å²) in [6.07, 6.45) is 1.13. The van der Waals surface area contributed by atoms with Crippen LogP contribution >= 0.6 is 0 Å². The Kier molecular flexibility index (Phi) is 5.20. The number of H-pyrrole nitrogens is 2. The van der Waals surface area contributed by atoms with Crippen molar-refractivity contribution in [3.63, 3.8) is 0 Å². The lowest BCUT2D eigenvalue weighted by Crippen LogP contribution is -2.43. The molecule has 27 heavy (non-hydrogen) atoms. The summed E-state index contributed by atoms with van der Waals surface area (Å²) in [5.74, 6) is -0.889. The number of carbonyl (C=O) groups excluding carboxylic acids is 1. The zero-order valence-electron chi connectivity index (χ0n) is 15.1. The molecule has 3 rings (SSSR count). The monoisotopic (exact) mass is 395 g/mol. The van der Waals surface area contributed by atoms with Crippen molar-refractivity contribution in [3.8, 4) is 0 Å². The van der Waals surface area contributed by atoms with Crippen LogP contribution in [0.2, 0.25) is 0 Å². The fraction of sp³-hybridized carbons (Fsp3) is 0.471. The van der Waals surface area contributed by atoms with Crippen LogP contribution in [0, 0.1) is 12.8 Å². The minimum Gasteiger partial charge on any atom is -0.466 e. The topological polar surface area (TPSA) is 129 Å². The van der Waals surface area contributed by atoms with Crippen molar-refractivity contribution in [3.05, 3.63) is 38.4 Å². The van der Waals surface area contributed by atoms with Gasteiger partial charge in [-0.2, -0.15) is 4.31 Å². The van der Waals surface area contributed by atoms with Crippen LogP contribution in [0.25, 0.3) is 11.0 Å². The summed E-state index contributed by atoms with van der Waals surface area (Å²) < 4.78 is 32.6. The molecule has 0 spiro atoms. The van der Waals surface area contributed by atoms with Gasteiger partial charge in [0.15, 0.2) is 0 Å². The molecule has 0 saturated carbocycles. The van der Waals surface area contributed by atoms with Gasteiger partial charge in [-0.3, -0.25) is 14.4 Å². The number of benzene rings is 1. The van der Waals surface area contributed by atoms with Crippen molar-refractivity contribution in [2.75, 3.05) is 19.7 Å². The maximum absolute atomic E-state index is 13.1. The number of aromatic nitrogens is 2. The summed E-state index contributed by atoms with van der Waals surface area (Å²) in [5, 5.41) is 0. The lowest BCUT2D eigenvalue weighted by Gasteiger charge is -2.31. The van der Waals surface area contributed by atoms with Gasteiger partial charge in [-0.1, -0.05) is 0 Å². The number of nitrogens with zero attached hydrogens (tertiary/aromatic N) is 1. The minimum atomic E-state index is -3.88. The van der Waals surface area contributed by atoms with Gasteiger partial charge in [0, 0.05) is 13.1 Å². The van der Waals surface area contributed by atoms with E-state index in [-0.39, 0.29) is 23.6 Å². The maximum Gasteiger partial charge on any atom is 0.314 e. The smallest absolute Gasteiger partial charge is 0.314 e. The van der Waals surface area contributed by atoms with Gasteiger partial charge in [0.2, 0.25) is 10.0 Å². The lowest BCUT2D eigenvalue weighted by molar-refractivity contribution is -0.149. The SMILES string of the molecule is CCOC(=O)[C@H]1CCCN(S(=O)(=O)c2cc3[nH]c(=O)c(=O)[nH]c3cc2C)C1. The third-order valence-corrected chi connectivity index (χ3v) is 6.65. The highest BCUT2D eigenvalue weighted by Crippen LogP contribution is 2.28. The fourth-order valence-electron chi connectivity index (χ4n) is 3.28. The molecule has 1 fully saturated rings. The quantitative estimate of drug-likeness (QED) is 0.572. The van der Waals surface area contributed by atoms with E-state index in [1.54, 1.807) is 13.8 Å². The third kappa shape index (κ3) is 3.67. The van der Waals surface area contributed by atoms with Crippen molar-refractivity contribution in [1.82, 2.24) is 14.3 Å². The molecule has 0 amide bonds. The molecule has 1 aromatic carbocycles. The van der Waals surface area contributed by atoms with Gasteiger partial charge >= 0.3 is 17.1 Å². The van der Waals surface area contributed by atoms with Gasteiger partial charge < -0.3 is 14.7 Å². The van der Waals surface area contributed by atoms with Crippen molar-refractivity contribution in [1.29, 1.82) is 0 Å². The van der Waals surface area contributed by atoms with Gasteiger partial charge in [0.05, 0.1) is 28.5 Å². The molecule has 1 aromatic heterocycles. The molecule has 2 N–H and O–H groups in total. The van der Waals surface area contributed by atoms with E-state index in [9.17, 15) is 22.8 Å². The largest absolute Gasteiger partial charge is 0.466 e. The van der Waals surface area contributed by atoms with E-state index < -0.39 is 33.0 Å². The van der Waals surface area contributed by atoms with E-state index in [0.717, 1.165) is 0 Å². The van der Waals surface area contributed by atoms with Crippen LogP contribution in [0.5, 0.6) is 0 Å². The Morgan fingerprint density at radius 3 is 2.48 bits per heavy atom. The summed E-state index contributed by atoms with van der Waals surface area (Å²) in [7, 11) is -3.88. The molecule has 0 aliphatic carbocycles. The first-order chi connectivity index (χ1) is 12.7. The number of aryl methyl sites for hydroxylation is 1. The van der Waals surface area contributed by atoms with E-state index >= 15 is 0 Å². The van der Waals surface area contributed by atoms with Gasteiger partial charge in [-0.15, -0.1) is 0 Å². The first-order valence-corrected chi connectivity index (χ1v) is 10.1. The van der Waals surface area contributed by atoms with Crippen molar-refractivity contribution >= 4 is 27.0 Å². The van der Waals surface area contributed by atoms with Crippen LogP contribution in [-0.4, -0.2) is 48.4 Å². The molecular weight excluding hydrogens is 374 g/mol. The molecule has 0 unspecified atom stereocenters. The van der Waals surface area contributed by atoms with Crippen LogP contribution in [0.15, 0.2) is 26.6 Å². The summed E-state index contributed by atoms with van der Waals surface area (Å²) in [6, 6.07) is 2.84. The van der Waals surface area contributed by atoms with Crippen LogP contribution in [0.1, 0.15) is 25.3 Å². The van der Waals surface area contributed by atoms with E-state index in [1.165, 1.54) is 16.4 Å². The first kappa shape index (κ1) is 19.3. The Hall–Kier alpha value is -2.46. The Morgan fingerprint density at radius 2 is 1.85 bits per heavy atom. The third-order valence-electron chi connectivity index (χ3n) is 4.64. The summed E-state index contributed by atoms with van der Waals surface area (Å²) in [6.45, 7) is 3.93. The number of carbonyl (C=O) groups is 1. The predicted molar refractivity (Wildman–Crippen MR) is 98.0 cm³/mol. The van der Waals surface area contributed by atoms with Crippen molar-refractivity contribution in [2.24, 2.45) is 5.92 Å². The standard InChI is InChI=1S/C17H21N3O6S/c1-3-26-17(23)11-5-4-6-20(9-11)27(24,25)14-8-13-12(7-10(14)2)18-15(21)16(22)19-13/h7-8,11H,3-6,9H2,1-2H3,(H,18,21)(H,19,22)/t11-/m0/s1. The number of aromatic amines is 2. The molecule has 1 aliphatic rings. The molecule has 9 nitrogen and oxygen atoms in total. The normalized spacial score (nSPS) is 18.5. The van der Waals surface area contributed by atoms with Crippen LogP contribution in [0.3, 0.4) is 0 Å². The highest BCUT2D eigenvalue weighted by Gasteiger charge is 2.34. The Morgan fingerprint density at radius 1 is 1.22 bits per heavy atom. The second-order valence-corrected chi connectivity index (χ2v) is 8.43. The van der Waals surface area contributed by atoms with Crippen LogP contribution in [-0.2, 0) is 19.6 Å². The fourth-order valence-corrected chi connectivity index (χ4v) is 5.04. The first-order valence-electron chi connectivity index (χ1n) is 8.67. The molecule has 2 heterocycles. The zero-order chi connectivity index (χ0) is 19.8. The molecule has 1 saturated heterocycles. The molecule has 0 bridgehead atoms. The Bertz CT molecular complexity index is 1100. The minimum absolute atomic E-state index is 0.0298. The van der Waals surface area contributed by atoms with Gasteiger partial charge in [-0.25, -0.2) is 8.42 Å². The number of hydrogen-bond donors (Lipinski definition) is 2. The van der Waals surface area contributed by atoms with Crippen LogP contribution in [0.4, 0.5) is 0 Å². The second-order valence-electron chi connectivity index (χ2n) is 6.53. The molecular formula is C17H21N3O6S. The van der Waals surface area contributed by atoms with Crippen molar-refractivity contribution in [2.45, 2.75) is 31.6 Å². The van der Waals surface area contributed by atoms with E-state index in [1.807, 2.05) is 0 Å². The average Bonchev–Trinajstić information content (AvgIpc) is 2.63. The van der Waals surface area contributed by atoms with E-state index in [4.69, 9.17) is 4.74 Å². The highest BCUT2D eigenvalue weighted by molar-refractivity contribution is 7.89. The molecule has 2 aromatic rings. The zero-order valence-corrected chi connectivity index (χ0v) is 15.9. The second kappa shape index (κ2) is 7.28. The molecule has 10 heteroatoms.